The van der Waals surface area contributed by atoms with Crippen LogP contribution in [0.15, 0.2) is 30.3 Å². The molecule has 1 aromatic carbocycles. The van der Waals surface area contributed by atoms with Gasteiger partial charge in [-0.2, -0.15) is 0 Å². The van der Waals surface area contributed by atoms with Gasteiger partial charge in [0.05, 0.1) is 5.70 Å². The van der Waals surface area contributed by atoms with Crippen molar-refractivity contribution < 1.29 is 13.9 Å². The summed E-state index contributed by atoms with van der Waals surface area (Å²) in [7, 11) is 0. The van der Waals surface area contributed by atoms with Crippen LogP contribution in [0.2, 0.25) is 0 Å². The first-order valence-electron chi connectivity index (χ1n) is 7.33. The molecule has 0 radical (unpaired) electrons. The van der Waals surface area contributed by atoms with E-state index in [1.54, 1.807) is 17.0 Å². The van der Waals surface area contributed by atoms with Crippen LogP contribution >= 0.6 is 0 Å². The number of benzene rings is 1. The molecule has 1 aliphatic rings. The van der Waals surface area contributed by atoms with E-state index in [1.807, 2.05) is 26.8 Å². The smallest absolute Gasteiger partial charge is 0.414 e. The van der Waals surface area contributed by atoms with Crippen LogP contribution in [-0.2, 0) is 4.74 Å². The van der Waals surface area contributed by atoms with Crippen LogP contribution < -0.4 is 0 Å². The highest BCUT2D eigenvalue weighted by atomic mass is 19.1. The number of allylic oxidation sites excluding steroid dienone is 1. The van der Waals surface area contributed by atoms with Gasteiger partial charge in [-0.3, -0.25) is 4.90 Å². The minimum absolute atomic E-state index is 0.281. The fraction of sp³-hybridized carbons (Fsp3) is 0.471. The Kier molecular flexibility index (Phi) is 4.66. The number of amides is 1. The molecular formula is C17H22FNO2. The first-order valence-corrected chi connectivity index (χ1v) is 7.33. The molecule has 0 aliphatic carbocycles. The van der Waals surface area contributed by atoms with E-state index < -0.39 is 5.60 Å². The fourth-order valence-corrected chi connectivity index (χ4v) is 2.28. The van der Waals surface area contributed by atoms with E-state index in [0.717, 1.165) is 30.5 Å². The molecule has 0 bridgehead atoms. The lowest BCUT2D eigenvalue weighted by Gasteiger charge is -2.28. The molecular weight excluding hydrogens is 269 g/mol. The molecule has 0 saturated heterocycles. The summed E-state index contributed by atoms with van der Waals surface area (Å²) in [5.74, 6) is -0.281. The maximum atomic E-state index is 13.1. The molecule has 114 valence electrons. The summed E-state index contributed by atoms with van der Waals surface area (Å²) in [5, 5.41) is 0. The van der Waals surface area contributed by atoms with E-state index in [9.17, 15) is 9.18 Å². The number of rotatable bonds is 1. The van der Waals surface area contributed by atoms with Gasteiger partial charge >= 0.3 is 6.09 Å². The predicted octanol–water partition coefficient (Wildman–Crippen LogP) is 4.59. The van der Waals surface area contributed by atoms with E-state index in [0.29, 0.717) is 6.54 Å². The predicted molar refractivity (Wildman–Crippen MR) is 81.2 cm³/mol. The summed E-state index contributed by atoms with van der Waals surface area (Å²) in [6.45, 7) is 6.18. The molecule has 0 N–H and O–H groups in total. The summed E-state index contributed by atoms with van der Waals surface area (Å²) in [6, 6.07) is 6.22. The van der Waals surface area contributed by atoms with Gasteiger partial charge in [0, 0.05) is 6.54 Å². The Labute approximate surface area is 125 Å². The number of hydrogen-bond acceptors (Lipinski definition) is 2. The summed E-state index contributed by atoms with van der Waals surface area (Å²) >= 11 is 0. The number of ether oxygens (including phenoxy) is 1. The minimum atomic E-state index is -0.530. The molecule has 1 heterocycles. The molecule has 0 atom stereocenters. The third kappa shape index (κ3) is 4.31. The zero-order valence-electron chi connectivity index (χ0n) is 12.9. The van der Waals surface area contributed by atoms with Gasteiger partial charge in [0.25, 0.3) is 0 Å². The molecule has 0 fully saturated rings. The molecule has 0 spiro atoms. The maximum absolute atomic E-state index is 13.1. The lowest BCUT2D eigenvalue weighted by Crippen LogP contribution is -2.36. The number of hydrogen-bond donors (Lipinski definition) is 0. The average Bonchev–Trinajstić information content (AvgIpc) is 2.63. The molecule has 0 aromatic heterocycles. The molecule has 1 amide bonds. The Bertz CT molecular complexity index is 529. The van der Waals surface area contributed by atoms with Crippen LogP contribution in [-0.4, -0.2) is 23.1 Å². The van der Waals surface area contributed by atoms with Crippen molar-refractivity contribution in [2.24, 2.45) is 0 Å². The fourth-order valence-electron chi connectivity index (χ4n) is 2.28. The van der Waals surface area contributed by atoms with E-state index in [4.69, 9.17) is 4.74 Å². The third-order valence-electron chi connectivity index (χ3n) is 3.22. The van der Waals surface area contributed by atoms with Gasteiger partial charge in [-0.15, -0.1) is 0 Å². The van der Waals surface area contributed by atoms with Crippen molar-refractivity contribution in [2.45, 2.75) is 45.6 Å². The first-order chi connectivity index (χ1) is 9.87. The second-order valence-electron chi connectivity index (χ2n) is 6.22. The SMILES string of the molecule is CC(C)(C)OC(=O)N1CCCCC=C1c1ccc(F)cc1. The van der Waals surface area contributed by atoms with Crippen molar-refractivity contribution in [3.63, 3.8) is 0 Å². The summed E-state index contributed by atoms with van der Waals surface area (Å²) in [6.07, 6.45) is 4.56. The normalized spacial score (nSPS) is 16.2. The second-order valence-corrected chi connectivity index (χ2v) is 6.22. The molecule has 0 unspecified atom stereocenters. The Morgan fingerprint density at radius 3 is 2.48 bits per heavy atom. The number of carbonyl (C=O) groups excluding carboxylic acids is 1. The van der Waals surface area contributed by atoms with E-state index in [-0.39, 0.29) is 11.9 Å². The average molecular weight is 291 g/mol. The van der Waals surface area contributed by atoms with Crippen LogP contribution in [0.1, 0.15) is 45.6 Å². The minimum Gasteiger partial charge on any atom is -0.443 e. The largest absolute Gasteiger partial charge is 0.443 e. The highest BCUT2D eigenvalue weighted by molar-refractivity contribution is 5.82. The highest BCUT2D eigenvalue weighted by Gasteiger charge is 2.26. The lowest BCUT2D eigenvalue weighted by atomic mass is 10.1. The topological polar surface area (TPSA) is 29.5 Å². The van der Waals surface area contributed by atoms with Crippen molar-refractivity contribution in [1.82, 2.24) is 4.90 Å². The number of nitrogens with zero attached hydrogens (tertiary/aromatic N) is 1. The van der Waals surface area contributed by atoms with Crippen LogP contribution in [0.25, 0.3) is 5.70 Å². The maximum Gasteiger partial charge on any atom is 0.414 e. The number of carbonyl (C=O) groups is 1. The zero-order chi connectivity index (χ0) is 15.5. The molecule has 1 aromatic rings. The Hall–Kier alpha value is -1.84. The van der Waals surface area contributed by atoms with Gasteiger partial charge < -0.3 is 4.74 Å². The van der Waals surface area contributed by atoms with E-state index in [2.05, 4.69) is 0 Å². The third-order valence-corrected chi connectivity index (χ3v) is 3.22. The summed E-state index contributed by atoms with van der Waals surface area (Å²) in [4.78, 5) is 14.1. The van der Waals surface area contributed by atoms with Crippen molar-refractivity contribution in [3.8, 4) is 0 Å². The van der Waals surface area contributed by atoms with Crippen LogP contribution in [0.4, 0.5) is 9.18 Å². The molecule has 1 aliphatic heterocycles. The standard InChI is InChI=1S/C17H22FNO2/c1-17(2,3)21-16(20)19-12-6-4-5-7-15(19)13-8-10-14(18)11-9-13/h7-11H,4-6,12H2,1-3H3. The van der Waals surface area contributed by atoms with Gasteiger partial charge in [0.2, 0.25) is 0 Å². The summed E-state index contributed by atoms with van der Waals surface area (Å²) in [5.41, 5.74) is 1.11. The van der Waals surface area contributed by atoms with Gasteiger partial charge in [0.15, 0.2) is 0 Å². The molecule has 0 saturated carbocycles. The van der Waals surface area contributed by atoms with Gasteiger partial charge in [-0.05, 0) is 69.9 Å². The second kappa shape index (κ2) is 6.29. The molecule has 4 heteroatoms. The Balaban J connectivity index is 2.28. The first kappa shape index (κ1) is 15.5. The monoisotopic (exact) mass is 291 g/mol. The highest BCUT2D eigenvalue weighted by Crippen LogP contribution is 2.26. The van der Waals surface area contributed by atoms with Gasteiger partial charge in [-0.25, -0.2) is 9.18 Å². The van der Waals surface area contributed by atoms with E-state index >= 15 is 0 Å². The zero-order valence-corrected chi connectivity index (χ0v) is 12.9. The molecule has 21 heavy (non-hydrogen) atoms. The van der Waals surface area contributed by atoms with Crippen molar-refractivity contribution in [1.29, 1.82) is 0 Å². The lowest BCUT2D eigenvalue weighted by molar-refractivity contribution is 0.0354. The van der Waals surface area contributed by atoms with Crippen molar-refractivity contribution >= 4 is 11.8 Å². The van der Waals surface area contributed by atoms with Crippen molar-refractivity contribution in [3.05, 3.63) is 41.7 Å². The Morgan fingerprint density at radius 1 is 1.19 bits per heavy atom. The molecule has 3 nitrogen and oxygen atoms in total. The van der Waals surface area contributed by atoms with Gasteiger partial charge in [-0.1, -0.05) is 6.08 Å². The van der Waals surface area contributed by atoms with Crippen LogP contribution in [0.5, 0.6) is 0 Å². The van der Waals surface area contributed by atoms with Crippen molar-refractivity contribution in [2.75, 3.05) is 6.54 Å². The Morgan fingerprint density at radius 2 is 1.86 bits per heavy atom. The number of halogens is 1. The van der Waals surface area contributed by atoms with Gasteiger partial charge in [0.1, 0.15) is 11.4 Å². The van der Waals surface area contributed by atoms with E-state index in [1.165, 1.54) is 12.1 Å². The van der Waals surface area contributed by atoms with Crippen LogP contribution in [0, 0.1) is 5.82 Å². The van der Waals surface area contributed by atoms with Crippen LogP contribution in [0.3, 0.4) is 0 Å². The quantitative estimate of drug-likeness (QED) is 0.757. The summed E-state index contributed by atoms with van der Waals surface area (Å²) < 4.78 is 18.6. The molecule has 2 rings (SSSR count).